The van der Waals surface area contributed by atoms with Gasteiger partial charge >= 0.3 is 0 Å². The zero-order valence-corrected chi connectivity index (χ0v) is 19.4. The molecule has 1 N–H and O–H groups in total. The summed E-state index contributed by atoms with van der Waals surface area (Å²) in [7, 11) is -2.48. The number of anilines is 2. The van der Waals surface area contributed by atoms with E-state index in [1.54, 1.807) is 37.4 Å². The number of hydrogen-bond acceptors (Lipinski definition) is 8. The van der Waals surface area contributed by atoms with E-state index in [2.05, 4.69) is 10.3 Å². The number of aryl methyl sites for hydroxylation is 1. The highest BCUT2D eigenvalue weighted by molar-refractivity contribution is 7.91. The van der Waals surface area contributed by atoms with E-state index in [-0.39, 0.29) is 21.7 Å². The van der Waals surface area contributed by atoms with E-state index in [1.165, 1.54) is 12.1 Å². The van der Waals surface area contributed by atoms with Gasteiger partial charge in [-0.3, -0.25) is 0 Å². The standard InChI is InChI=1S/C25H22N2O6S/c1-16-3-5-17(6-4-16)23-27-25(24(33-23)26-18-7-9-19(30-2)10-8-18)34(28,29)20-11-12-21-22(15-20)32-14-13-31-21/h3-12,15,26H,13-14H2,1-2H3. The van der Waals surface area contributed by atoms with E-state index in [0.717, 1.165) is 5.56 Å². The number of aromatic nitrogens is 1. The summed E-state index contributed by atoms with van der Waals surface area (Å²) in [5.74, 6) is 1.75. The van der Waals surface area contributed by atoms with Crippen LogP contribution < -0.4 is 19.5 Å². The lowest BCUT2D eigenvalue weighted by Gasteiger charge is -2.18. The van der Waals surface area contributed by atoms with Crippen molar-refractivity contribution in [2.45, 2.75) is 16.8 Å². The summed E-state index contributed by atoms with van der Waals surface area (Å²) in [6.45, 7) is 2.73. The molecule has 5 rings (SSSR count). The van der Waals surface area contributed by atoms with Gasteiger partial charge < -0.3 is 23.9 Å². The largest absolute Gasteiger partial charge is 0.497 e. The van der Waals surface area contributed by atoms with Crippen LogP contribution in [0.5, 0.6) is 17.2 Å². The molecule has 9 heteroatoms. The summed E-state index contributed by atoms with van der Waals surface area (Å²) < 4.78 is 49.5. The molecule has 1 aromatic heterocycles. The quantitative estimate of drug-likeness (QED) is 0.413. The fourth-order valence-electron chi connectivity index (χ4n) is 3.49. The predicted molar refractivity (Wildman–Crippen MR) is 126 cm³/mol. The van der Waals surface area contributed by atoms with Crippen molar-refractivity contribution in [1.82, 2.24) is 4.98 Å². The first-order valence-corrected chi connectivity index (χ1v) is 12.1. The summed E-state index contributed by atoms with van der Waals surface area (Å²) in [6.07, 6.45) is 0. The second-order valence-electron chi connectivity index (χ2n) is 7.68. The average molecular weight is 479 g/mol. The molecule has 2 heterocycles. The maximum Gasteiger partial charge on any atom is 0.238 e. The van der Waals surface area contributed by atoms with Gasteiger partial charge in [-0.1, -0.05) is 17.7 Å². The minimum Gasteiger partial charge on any atom is -0.497 e. The van der Waals surface area contributed by atoms with Crippen LogP contribution in [0.4, 0.5) is 11.6 Å². The number of nitrogens with one attached hydrogen (secondary N) is 1. The molecular formula is C25H22N2O6S. The van der Waals surface area contributed by atoms with Crippen LogP contribution in [0.1, 0.15) is 5.56 Å². The van der Waals surface area contributed by atoms with Crippen molar-refractivity contribution >= 4 is 21.4 Å². The van der Waals surface area contributed by atoms with Crippen LogP contribution in [-0.2, 0) is 9.84 Å². The molecule has 0 unspecified atom stereocenters. The molecule has 0 spiro atoms. The van der Waals surface area contributed by atoms with E-state index in [0.29, 0.717) is 41.7 Å². The Hall–Kier alpha value is -3.98. The molecule has 0 radical (unpaired) electrons. The lowest BCUT2D eigenvalue weighted by molar-refractivity contribution is 0.171. The zero-order chi connectivity index (χ0) is 23.7. The Balaban J connectivity index is 1.59. The molecule has 0 aliphatic carbocycles. The maximum atomic E-state index is 13.7. The van der Waals surface area contributed by atoms with Crippen molar-refractivity contribution in [3.63, 3.8) is 0 Å². The smallest absolute Gasteiger partial charge is 0.238 e. The lowest BCUT2D eigenvalue weighted by atomic mass is 10.1. The number of hydrogen-bond donors (Lipinski definition) is 1. The zero-order valence-electron chi connectivity index (χ0n) is 18.6. The Bertz CT molecular complexity index is 1430. The number of methoxy groups -OCH3 is 1. The first-order valence-electron chi connectivity index (χ1n) is 10.6. The van der Waals surface area contributed by atoms with Crippen LogP contribution in [0.2, 0.25) is 0 Å². The van der Waals surface area contributed by atoms with E-state index in [1.807, 2.05) is 31.2 Å². The minimum absolute atomic E-state index is 0.00984. The number of rotatable bonds is 6. The molecular weight excluding hydrogens is 456 g/mol. The number of fused-ring (bicyclic) bond motifs is 1. The SMILES string of the molecule is COc1ccc(Nc2oc(-c3ccc(C)cc3)nc2S(=O)(=O)c2ccc3c(c2)OCCO3)cc1. The fraction of sp³-hybridized carbons (Fsp3) is 0.160. The first kappa shape index (κ1) is 21.8. The Morgan fingerprint density at radius 2 is 1.62 bits per heavy atom. The number of ether oxygens (including phenoxy) is 3. The monoisotopic (exact) mass is 478 g/mol. The predicted octanol–water partition coefficient (Wildman–Crippen LogP) is 5.01. The van der Waals surface area contributed by atoms with Gasteiger partial charge in [0.05, 0.1) is 12.0 Å². The molecule has 0 saturated heterocycles. The van der Waals surface area contributed by atoms with Crippen molar-refractivity contribution in [3.8, 4) is 28.7 Å². The molecule has 0 amide bonds. The van der Waals surface area contributed by atoms with Gasteiger partial charge in [0.15, 0.2) is 11.5 Å². The molecule has 1 aliphatic rings. The molecule has 8 nitrogen and oxygen atoms in total. The number of nitrogens with zero attached hydrogens (tertiary/aromatic N) is 1. The van der Waals surface area contributed by atoms with Gasteiger partial charge in [-0.2, -0.15) is 4.98 Å². The van der Waals surface area contributed by atoms with Gasteiger partial charge in [-0.05, 0) is 55.5 Å². The van der Waals surface area contributed by atoms with Gasteiger partial charge in [0.25, 0.3) is 0 Å². The average Bonchev–Trinajstić information content (AvgIpc) is 3.29. The van der Waals surface area contributed by atoms with Crippen molar-refractivity contribution in [2.75, 3.05) is 25.6 Å². The maximum absolute atomic E-state index is 13.7. The van der Waals surface area contributed by atoms with Gasteiger partial charge in [0.2, 0.25) is 26.6 Å². The highest BCUT2D eigenvalue weighted by Crippen LogP contribution is 2.38. The van der Waals surface area contributed by atoms with Gasteiger partial charge in [-0.15, -0.1) is 0 Å². The lowest BCUT2D eigenvalue weighted by Crippen LogP contribution is -2.16. The van der Waals surface area contributed by atoms with Crippen molar-refractivity contribution in [2.24, 2.45) is 0 Å². The third-order valence-electron chi connectivity index (χ3n) is 5.32. The summed E-state index contributed by atoms with van der Waals surface area (Å²) in [5, 5.41) is 2.82. The number of oxazole rings is 1. The minimum atomic E-state index is -4.06. The summed E-state index contributed by atoms with van der Waals surface area (Å²) >= 11 is 0. The van der Waals surface area contributed by atoms with Crippen LogP contribution >= 0.6 is 0 Å². The second kappa shape index (κ2) is 8.75. The summed E-state index contributed by atoms with van der Waals surface area (Å²) in [6, 6.07) is 19.0. The number of benzene rings is 3. The Morgan fingerprint density at radius 3 is 2.32 bits per heavy atom. The van der Waals surface area contributed by atoms with Crippen molar-refractivity contribution in [1.29, 1.82) is 0 Å². The third-order valence-corrected chi connectivity index (χ3v) is 6.98. The fourth-order valence-corrected chi connectivity index (χ4v) is 4.77. The Morgan fingerprint density at radius 1 is 0.912 bits per heavy atom. The third kappa shape index (κ3) is 4.17. The Labute approximate surface area is 197 Å². The highest BCUT2D eigenvalue weighted by Gasteiger charge is 2.30. The van der Waals surface area contributed by atoms with Crippen molar-refractivity contribution in [3.05, 3.63) is 72.3 Å². The van der Waals surface area contributed by atoms with E-state index < -0.39 is 9.84 Å². The molecule has 0 saturated carbocycles. The van der Waals surface area contributed by atoms with Crippen LogP contribution in [0.3, 0.4) is 0 Å². The van der Waals surface area contributed by atoms with Gasteiger partial charge in [0.1, 0.15) is 19.0 Å². The topological polar surface area (TPSA) is 99.9 Å². The molecule has 174 valence electrons. The van der Waals surface area contributed by atoms with E-state index in [9.17, 15) is 8.42 Å². The first-order chi connectivity index (χ1) is 16.4. The Kier molecular flexibility index (Phi) is 5.62. The molecule has 0 bridgehead atoms. The summed E-state index contributed by atoms with van der Waals surface area (Å²) in [4.78, 5) is 4.41. The van der Waals surface area contributed by atoms with Gasteiger partial charge in [0, 0.05) is 17.3 Å². The molecule has 0 fully saturated rings. The van der Waals surface area contributed by atoms with Crippen LogP contribution in [0, 0.1) is 6.92 Å². The van der Waals surface area contributed by atoms with E-state index >= 15 is 0 Å². The van der Waals surface area contributed by atoms with Crippen LogP contribution in [0.25, 0.3) is 11.5 Å². The molecule has 4 aromatic rings. The molecule has 1 aliphatic heterocycles. The highest BCUT2D eigenvalue weighted by atomic mass is 32.2. The normalized spacial score (nSPS) is 12.9. The van der Waals surface area contributed by atoms with Crippen LogP contribution in [0.15, 0.2) is 81.1 Å². The van der Waals surface area contributed by atoms with Crippen LogP contribution in [-0.4, -0.2) is 33.7 Å². The number of sulfone groups is 1. The van der Waals surface area contributed by atoms with Crippen molar-refractivity contribution < 1.29 is 27.0 Å². The van der Waals surface area contributed by atoms with Gasteiger partial charge in [-0.25, -0.2) is 8.42 Å². The second-order valence-corrected chi connectivity index (χ2v) is 9.55. The molecule has 0 atom stereocenters. The molecule has 34 heavy (non-hydrogen) atoms. The van der Waals surface area contributed by atoms with E-state index in [4.69, 9.17) is 18.6 Å². The molecule has 3 aromatic carbocycles. The summed E-state index contributed by atoms with van der Waals surface area (Å²) in [5.41, 5.74) is 2.34.